The van der Waals surface area contributed by atoms with Crippen molar-refractivity contribution in [3.05, 3.63) is 96.8 Å². The zero-order valence-electron chi connectivity index (χ0n) is 12.0. The Balaban J connectivity index is 0.000000147. The van der Waals surface area contributed by atoms with Gasteiger partial charge in [0, 0.05) is 0 Å². The summed E-state index contributed by atoms with van der Waals surface area (Å²) in [6.07, 6.45) is 8.52. The molecule has 0 spiro atoms. The summed E-state index contributed by atoms with van der Waals surface area (Å²) < 4.78 is 0. The molecule has 0 heterocycles. The third kappa shape index (κ3) is 3.53. The molecule has 1 heteroatoms. The van der Waals surface area contributed by atoms with Crippen molar-refractivity contribution in [2.75, 3.05) is 0 Å². The van der Waals surface area contributed by atoms with Gasteiger partial charge in [-0.05, 0) is 11.1 Å². The van der Waals surface area contributed by atoms with Crippen LogP contribution in [0.4, 0.5) is 0 Å². The van der Waals surface area contributed by atoms with Gasteiger partial charge in [0.2, 0.25) is 0 Å². The molecule has 0 aliphatic heterocycles. The zero-order chi connectivity index (χ0) is 13.9. The van der Waals surface area contributed by atoms with Crippen molar-refractivity contribution in [2.45, 2.75) is 11.8 Å². The van der Waals surface area contributed by atoms with Gasteiger partial charge in [0.05, 0.1) is 0 Å². The molecule has 0 fully saturated rings. The van der Waals surface area contributed by atoms with Crippen LogP contribution >= 0.6 is 0 Å². The van der Waals surface area contributed by atoms with E-state index in [9.17, 15) is 0 Å². The van der Waals surface area contributed by atoms with Gasteiger partial charge < -0.3 is 13.8 Å². The summed E-state index contributed by atoms with van der Waals surface area (Å²) in [6, 6.07) is 16.7. The zero-order valence-corrected chi connectivity index (χ0v) is 14.5. The van der Waals surface area contributed by atoms with E-state index in [4.69, 9.17) is 0 Å². The second-order valence-corrected chi connectivity index (χ2v) is 5.19. The van der Waals surface area contributed by atoms with Gasteiger partial charge in [0.15, 0.2) is 0 Å². The summed E-state index contributed by atoms with van der Waals surface area (Å²) in [7, 11) is 0. The summed E-state index contributed by atoms with van der Waals surface area (Å²) in [5, 5.41) is 0. The molecule has 0 aromatic heterocycles. The molecule has 2 aromatic carbocycles. The van der Waals surface area contributed by atoms with E-state index in [2.05, 4.69) is 86.7 Å². The van der Waals surface area contributed by atoms with Crippen molar-refractivity contribution in [3.8, 4) is 0 Å². The summed E-state index contributed by atoms with van der Waals surface area (Å²) in [4.78, 5) is 0. The van der Waals surface area contributed by atoms with Crippen LogP contribution in [0.15, 0.2) is 60.7 Å². The van der Waals surface area contributed by atoms with E-state index >= 15 is 0 Å². The summed E-state index contributed by atoms with van der Waals surface area (Å²) >= 11 is 0. The van der Waals surface area contributed by atoms with E-state index < -0.39 is 0 Å². The van der Waals surface area contributed by atoms with Crippen molar-refractivity contribution in [1.29, 1.82) is 0 Å². The van der Waals surface area contributed by atoms with Gasteiger partial charge in [-0.1, -0.05) is 71.8 Å². The number of benzene rings is 2. The van der Waals surface area contributed by atoms with E-state index in [1.165, 1.54) is 22.3 Å². The standard InChI is InChI=1S/2C10H9.Zr/c2*1-8-6-7-9-4-2-3-5-10(8)9;/h2*2-8H,1H2;/q2*-1;+2. The van der Waals surface area contributed by atoms with Gasteiger partial charge in [0.25, 0.3) is 0 Å². The molecule has 0 nitrogen and oxygen atoms in total. The average molecular weight is 350 g/mol. The molecule has 2 aliphatic carbocycles. The number of hydrogen-bond acceptors (Lipinski definition) is 0. The van der Waals surface area contributed by atoms with Crippen LogP contribution in [0, 0.1) is 13.8 Å². The predicted octanol–water partition coefficient (Wildman–Crippen LogP) is 5.26. The molecule has 0 saturated carbocycles. The minimum absolute atomic E-state index is 0. The summed E-state index contributed by atoms with van der Waals surface area (Å²) in [6.45, 7) is 7.98. The first-order valence-electron chi connectivity index (χ1n) is 6.96. The summed E-state index contributed by atoms with van der Waals surface area (Å²) in [5.74, 6) is 0.743. The van der Waals surface area contributed by atoms with Crippen LogP contribution in [0.1, 0.15) is 34.1 Å². The SMILES string of the molecule is [CH2-]C1C=Cc2ccccc21.[CH2-]C1C=Cc2ccccc21.[Zr+2]. The molecule has 0 N–H and O–H groups in total. The van der Waals surface area contributed by atoms with Gasteiger partial charge in [-0.15, -0.1) is 24.0 Å². The molecule has 0 amide bonds. The Kier molecular flexibility index (Phi) is 5.53. The van der Waals surface area contributed by atoms with Crippen molar-refractivity contribution in [1.82, 2.24) is 0 Å². The second-order valence-electron chi connectivity index (χ2n) is 5.19. The topological polar surface area (TPSA) is 0 Å². The third-order valence-corrected chi connectivity index (χ3v) is 3.81. The maximum Gasteiger partial charge on any atom is 2.00 e. The number of hydrogen-bond donors (Lipinski definition) is 0. The first kappa shape index (κ1) is 16.2. The molecular weight excluding hydrogens is 331 g/mol. The Labute approximate surface area is 146 Å². The average Bonchev–Trinajstić information content (AvgIpc) is 3.05. The molecule has 0 radical (unpaired) electrons. The quantitative estimate of drug-likeness (QED) is 0.569. The maximum atomic E-state index is 3.99. The largest absolute Gasteiger partial charge is 2.00 e. The Morgan fingerprint density at radius 3 is 1.38 bits per heavy atom. The van der Waals surface area contributed by atoms with Crippen molar-refractivity contribution in [2.24, 2.45) is 0 Å². The molecule has 0 bridgehead atoms. The predicted molar refractivity (Wildman–Crippen MR) is 87.1 cm³/mol. The van der Waals surface area contributed by atoms with Crippen LogP contribution in [0.25, 0.3) is 12.2 Å². The normalized spacial score (nSPS) is 20.1. The molecule has 2 aliphatic rings. The Hall–Kier alpha value is -1.20. The molecule has 2 unspecified atom stereocenters. The molecule has 0 saturated heterocycles. The monoisotopic (exact) mass is 348 g/mol. The van der Waals surface area contributed by atoms with Crippen molar-refractivity contribution < 1.29 is 26.2 Å². The van der Waals surface area contributed by atoms with Gasteiger partial charge >= 0.3 is 26.2 Å². The van der Waals surface area contributed by atoms with Gasteiger partial charge in [-0.25, -0.2) is 0 Å². The van der Waals surface area contributed by atoms with Crippen molar-refractivity contribution in [3.63, 3.8) is 0 Å². The smallest absolute Gasteiger partial charge is 0.332 e. The molecule has 21 heavy (non-hydrogen) atoms. The molecule has 4 rings (SSSR count). The number of allylic oxidation sites excluding steroid dienone is 2. The van der Waals surface area contributed by atoms with E-state index in [-0.39, 0.29) is 26.2 Å². The van der Waals surface area contributed by atoms with E-state index in [1.807, 2.05) is 0 Å². The Morgan fingerprint density at radius 2 is 1.00 bits per heavy atom. The van der Waals surface area contributed by atoms with Gasteiger partial charge in [-0.2, -0.15) is 0 Å². The van der Waals surface area contributed by atoms with Crippen molar-refractivity contribution >= 4 is 12.2 Å². The van der Waals surface area contributed by atoms with Crippen LogP contribution in [-0.2, 0) is 26.2 Å². The Bertz CT molecular complexity index is 608. The van der Waals surface area contributed by atoms with Crippen LogP contribution in [-0.4, -0.2) is 0 Å². The molecule has 102 valence electrons. The van der Waals surface area contributed by atoms with Gasteiger partial charge in [0.1, 0.15) is 0 Å². The minimum atomic E-state index is 0. The van der Waals surface area contributed by atoms with Gasteiger partial charge in [-0.3, -0.25) is 0 Å². The molecular formula is C20H18Zr. The number of fused-ring (bicyclic) bond motifs is 2. The fourth-order valence-corrected chi connectivity index (χ4v) is 2.65. The first-order chi connectivity index (χ1) is 9.75. The van der Waals surface area contributed by atoms with Crippen LogP contribution < -0.4 is 0 Å². The fraction of sp³-hybridized carbons (Fsp3) is 0.100. The van der Waals surface area contributed by atoms with Crippen LogP contribution in [0.5, 0.6) is 0 Å². The van der Waals surface area contributed by atoms with Crippen LogP contribution in [0.2, 0.25) is 0 Å². The van der Waals surface area contributed by atoms with E-state index in [1.54, 1.807) is 0 Å². The molecule has 2 aromatic rings. The Morgan fingerprint density at radius 1 is 0.619 bits per heavy atom. The van der Waals surface area contributed by atoms with E-state index in [0.717, 1.165) is 0 Å². The minimum Gasteiger partial charge on any atom is -0.332 e. The second kappa shape index (κ2) is 7.18. The maximum absolute atomic E-state index is 3.99. The first-order valence-corrected chi connectivity index (χ1v) is 6.96. The third-order valence-electron chi connectivity index (χ3n) is 3.81. The van der Waals surface area contributed by atoms with Crippen LogP contribution in [0.3, 0.4) is 0 Å². The summed E-state index contributed by atoms with van der Waals surface area (Å²) in [5.41, 5.74) is 5.34. The fourth-order valence-electron chi connectivity index (χ4n) is 2.65. The van der Waals surface area contributed by atoms with E-state index in [0.29, 0.717) is 11.8 Å². The molecule has 2 atom stereocenters. The number of rotatable bonds is 0.